The molecule has 1 saturated carbocycles. The first-order valence-electron chi connectivity index (χ1n) is 9.31. The van der Waals surface area contributed by atoms with Gasteiger partial charge < -0.3 is 10.1 Å². The third kappa shape index (κ3) is 5.22. The van der Waals surface area contributed by atoms with Crippen LogP contribution < -0.4 is 5.32 Å². The van der Waals surface area contributed by atoms with Crippen LogP contribution in [0.15, 0.2) is 0 Å². The van der Waals surface area contributed by atoms with E-state index in [1.54, 1.807) is 0 Å². The van der Waals surface area contributed by atoms with Crippen molar-refractivity contribution in [2.24, 2.45) is 5.92 Å². The fourth-order valence-electron chi connectivity index (χ4n) is 3.94. The van der Waals surface area contributed by atoms with E-state index in [0.717, 1.165) is 25.6 Å². The molecule has 2 rings (SSSR count). The van der Waals surface area contributed by atoms with Crippen molar-refractivity contribution in [1.82, 2.24) is 10.2 Å². The van der Waals surface area contributed by atoms with Gasteiger partial charge >= 0.3 is 0 Å². The molecule has 0 bridgehead atoms. The summed E-state index contributed by atoms with van der Waals surface area (Å²) in [5.74, 6) is 0.736. The highest BCUT2D eigenvalue weighted by molar-refractivity contribution is 4.88. The van der Waals surface area contributed by atoms with E-state index in [9.17, 15) is 0 Å². The molecule has 0 aromatic carbocycles. The zero-order valence-corrected chi connectivity index (χ0v) is 14.4. The first-order valence-corrected chi connectivity index (χ1v) is 9.31. The second-order valence-electron chi connectivity index (χ2n) is 7.12. The van der Waals surface area contributed by atoms with Gasteiger partial charge in [-0.2, -0.15) is 0 Å². The molecule has 1 saturated heterocycles. The molecule has 1 aliphatic heterocycles. The van der Waals surface area contributed by atoms with Crippen LogP contribution in [0.1, 0.15) is 65.7 Å². The lowest BCUT2D eigenvalue weighted by atomic mass is 9.87. The Hall–Kier alpha value is -0.120. The van der Waals surface area contributed by atoms with E-state index in [0.29, 0.717) is 18.2 Å². The van der Waals surface area contributed by atoms with Gasteiger partial charge in [0.2, 0.25) is 0 Å². The Morgan fingerprint density at radius 2 is 1.86 bits per heavy atom. The lowest BCUT2D eigenvalue weighted by molar-refractivity contribution is -0.00293. The summed E-state index contributed by atoms with van der Waals surface area (Å²) in [4.78, 5) is 2.64. The van der Waals surface area contributed by atoms with Crippen molar-refractivity contribution >= 4 is 0 Å². The monoisotopic (exact) mass is 296 g/mol. The van der Waals surface area contributed by atoms with Crippen molar-refractivity contribution in [3.8, 4) is 0 Å². The molecule has 0 amide bonds. The van der Waals surface area contributed by atoms with Crippen molar-refractivity contribution in [1.29, 1.82) is 0 Å². The summed E-state index contributed by atoms with van der Waals surface area (Å²) < 4.78 is 6.10. The minimum absolute atomic E-state index is 0.551. The molecule has 2 fully saturated rings. The molecule has 0 aromatic rings. The van der Waals surface area contributed by atoms with Gasteiger partial charge in [-0.25, -0.2) is 0 Å². The summed E-state index contributed by atoms with van der Waals surface area (Å²) >= 11 is 0. The van der Waals surface area contributed by atoms with E-state index in [1.807, 2.05) is 0 Å². The van der Waals surface area contributed by atoms with Crippen molar-refractivity contribution in [2.45, 2.75) is 83.9 Å². The smallest absolute Gasteiger partial charge is 0.0597 e. The Morgan fingerprint density at radius 3 is 2.57 bits per heavy atom. The van der Waals surface area contributed by atoms with Gasteiger partial charge in [-0.15, -0.1) is 0 Å². The molecule has 0 radical (unpaired) electrons. The van der Waals surface area contributed by atoms with E-state index in [1.165, 1.54) is 51.5 Å². The third-order valence-corrected chi connectivity index (χ3v) is 5.64. The normalized spacial score (nSPS) is 32.4. The largest absolute Gasteiger partial charge is 0.377 e. The molecular formula is C18H36N2O. The summed E-state index contributed by atoms with van der Waals surface area (Å²) in [7, 11) is 0. The van der Waals surface area contributed by atoms with Gasteiger partial charge in [-0.05, 0) is 45.1 Å². The maximum atomic E-state index is 6.10. The van der Waals surface area contributed by atoms with Crippen molar-refractivity contribution in [3.05, 3.63) is 0 Å². The van der Waals surface area contributed by atoms with Gasteiger partial charge in [-0.3, -0.25) is 4.90 Å². The van der Waals surface area contributed by atoms with Gasteiger partial charge in [-0.1, -0.05) is 33.1 Å². The van der Waals surface area contributed by atoms with E-state index in [2.05, 4.69) is 31.0 Å². The highest BCUT2D eigenvalue weighted by Crippen LogP contribution is 2.24. The standard InChI is InChI=1S/C18H36N2O/c1-4-11-19-18-10-12-20(16(3)15(18)2)13-14-21-17-8-6-5-7-9-17/h15-19H,4-14H2,1-3H3. The molecule has 1 N–H and O–H groups in total. The summed E-state index contributed by atoms with van der Waals surface area (Å²) in [6.07, 6.45) is 9.79. The minimum atomic E-state index is 0.551. The van der Waals surface area contributed by atoms with E-state index < -0.39 is 0 Å². The number of rotatable bonds is 7. The Bertz CT molecular complexity index is 278. The molecule has 1 heterocycles. The second-order valence-corrected chi connectivity index (χ2v) is 7.12. The zero-order chi connectivity index (χ0) is 15.1. The molecule has 3 nitrogen and oxygen atoms in total. The van der Waals surface area contributed by atoms with Crippen LogP contribution >= 0.6 is 0 Å². The second kappa shape index (κ2) is 9.12. The minimum Gasteiger partial charge on any atom is -0.377 e. The van der Waals surface area contributed by atoms with Crippen LogP contribution in [0.5, 0.6) is 0 Å². The molecule has 21 heavy (non-hydrogen) atoms. The molecule has 1 aliphatic carbocycles. The fourth-order valence-corrected chi connectivity index (χ4v) is 3.94. The first kappa shape index (κ1) is 17.2. The Labute approximate surface area is 131 Å². The van der Waals surface area contributed by atoms with Crippen LogP contribution in [0.3, 0.4) is 0 Å². The molecule has 3 unspecified atom stereocenters. The van der Waals surface area contributed by atoms with Crippen molar-refractivity contribution in [3.63, 3.8) is 0 Å². The summed E-state index contributed by atoms with van der Waals surface area (Å²) in [6.45, 7) is 11.5. The highest BCUT2D eigenvalue weighted by Gasteiger charge is 2.31. The molecule has 2 aliphatic rings. The predicted octanol–water partition coefficient (Wildman–Crippen LogP) is 3.43. The summed E-state index contributed by atoms with van der Waals surface area (Å²) in [5, 5.41) is 3.72. The molecule has 3 atom stereocenters. The highest BCUT2D eigenvalue weighted by atomic mass is 16.5. The van der Waals surface area contributed by atoms with Crippen LogP contribution in [0.25, 0.3) is 0 Å². The molecule has 0 aromatic heterocycles. The number of ether oxygens (including phenoxy) is 1. The Balaban J connectivity index is 1.67. The molecule has 124 valence electrons. The van der Waals surface area contributed by atoms with Crippen LogP contribution in [-0.2, 0) is 4.74 Å². The summed E-state index contributed by atoms with van der Waals surface area (Å²) in [5.41, 5.74) is 0. The van der Waals surface area contributed by atoms with Crippen LogP contribution in [0.2, 0.25) is 0 Å². The van der Waals surface area contributed by atoms with Crippen LogP contribution in [-0.4, -0.2) is 49.3 Å². The van der Waals surface area contributed by atoms with Gasteiger partial charge in [0.15, 0.2) is 0 Å². The maximum Gasteiger partial charge on any atom is 0.0597 e. The van der Waals surface area contributed by atoms with Gasteiger partial charge in [0.05, 0.1) is 12.7 Å². The predicted molar refractivity (Wildman–Crippen MR) is 89.7 cm³/mol. The Morgan fingerprint density at radius 1 is 1.10 bits per heavy atom. The quantitative estimate of drug-likeness (QED) is 0.779. The van der Waals surface area contributed by atoms with Crippen LogP contribution in [0.4, 0.5) is 0 Å². The van der Waals surface area contributed by atoms with Crippen molar-refractivity contribution < 1.29 is 4.74 Å². The number of hydrogen-bond donors (Lipinski definition) is 1. The van der Waals surface area contributed by atoms with Gasteiger partial charge in [0.1, 0.15) is 0 Å². The number of likely N-dealkylation sites (tertiary alicyclic amines) is 1. The van der Waals surface area contributed by atoms with E-state index >= 15 is 0 Å². The number of nitrogens with zero attached hydrogens (tertiary/aromatic N) is 1. The zero-order valence-electron chi connectivity index (χ0n) is 14.4. The average Bonchev–Trinajstić information content (AvgIpc) is 2.52. The van der Waals surface area contributed by atoms with E-state index in [-0.39, 0.29) is 0 Å². The molecule has 0 spiro atoms. The molecular weight excluding hydrogens is 260 g/mol. The third-order valence-electron chi connectivity index (χ3n) is 5.64. The lowest BCUT2D eigenvalue weighted by Gasteiger charge is -2.43. The van der Waals surface area contributed by atoms with Crippen LogP contribution in [0, 0.1) is 5.92 Å². The Kier molecular flexibility index (Phi) is 7.48. The van der Waals surface area contributed by atoms with E-state index in [4.69, 9.17) is 4.74 Å². The average molecular weight is 296 g/mol. The lowest BCUT2D eigenvalue weighted by Crippen LogP contribution is -2.54. The number of nitrogens with one attached hydrogen (secondary N) is 1. The maximum absolute atomic E-state index is 6.10. The first-order chi connectivity index (χ1) is 10.2. The van der Waals surface area contributed by atoms with Gasteiger partial charge in [0.25, 0.3) is 0 Å². The SMILES string of the molecule is CCCNC1CCN(CCOC2CCCCC2)C(C)C1C. The van der Waals surface area contributed by atoms with Gasteiger partial charge in [0, 0.05) is 25.2 Å². The number of hydrogen-bond acceptors (Lipinski definition) is 3. The van der Waals surface area contributed by atoms with Crippen molar-refractivity contribution in [2.75, 3.05) is 26.2 Å². The number of piperidine rings is 1. The topological polar surface area (TPSA) is 24.5 Å². The fraction of sp³-hybridized carbons (Fsp3) is 1.00. The molecule has 3 heteroatoms. The summed E-state index contributed by atoms with van der Waals surface area (Å²) in [6, 6.07) is 1.37.